The van der Waals surface area contributed by atoms with E-state index in [0.717, 1.165) is 0 Å². The van der Waals surface area contributed by atoms with Crippen molar-refractivity contribution in [3.05, 3.63) is 59.9 Å². The molecular weight excluding hydrogens is 335 g/mol. The second-order valence-electron chi connectivity index (χ2n) is 5.83. The Kier molecular flexibility index (Phi) is 6.42. The molecule has 0 spiro atoms. The van der Waals surface area contributed by atoms with Crippen molar-refractivity contribution in [2.45, 2.75) is 13.0 Å². The van der Waals surface area contributed by atoms with Crippen molar-refractivity contribution in [1.82, 2.24) is 4.90 Å². The van der Waals surface area contributed by atoms with Crippen LogP contribution in [0.1, 0.15) is 12.5 Å². The van der Waals surface area contributed by atoms with Gasteiger partial charge in [0.1, 0.15) is 5.82 Å². The summed E-state index contributed by atoms with van der Waals surface area (Å²) in [6.45, 7) is 1.65. The lowest BCUT2D eigenvalue weighted by atomic mass is 10.2. The van der Waals surface area contributed by atoms with E-state index in [-0.39, 0.29) is 18.4 Å². The fourth-order valence-corrected chi connectivity index (χ4v) is 2.21. The first-order valence-electron chi connectivity index (χ1n) is 7.95. The summed E-state index contributed by atoms with van der Waals surface area (Å²) in [6, 6.07) is 13.5. The Morgan fingerprint density at radius 2 is 1.85 bits per heavy atom. The Labute approximate surface area is 151 Å². The molecule has 0 saturated carbocycles. The maximum Gasteiger partial charge on any atom is 0.241 e. The molecule has 2 amide bonds. The van der Waals surface area contributed by atoms with Crippen LogP contribution in [-0.4, -0.2) is 36.3 Å². The molecule has 2 aromatic carbocycles. The SMILES string of the molecule is C[C@H](C(=O)Nc1ccc(C#N)cc1)N(C)CC(=O)Nc1cccc(F)c1. The second-order valence-corrected chi connectivity index (χ2v) is 5.83. The number of anilines is 2. The van der Waals surface area contributed by atoms with Gasteiger partial charge in [-0.2, -0.15) is 5.26 Å². The lowest BCUT2D eigenvalue weighted by molar-refractivity contribution is -0.122. The van der Waals surface area contributed by atoms with Gasteiger partial charge in [0.2, 0.25) is 11.8 Å². The van der Waals surface area contributed by atoms with Crippen LogP contribution in [0.4, 0.5) is 15.8 Å². The molecule has 0 heterocycles. The molecule has 0 aliphatic rings. The number of benzene rings is 2. The van der Waals surface area contributed by atoms with Crippen LogP contribution < -0.4 is 10.6 Å². The first kappa shape index (κ1) is 19.1. The van der Waals surface area contributed by atoms with Crippen molar-refractivity contribution in [2.75, 3.05) is 24.2 Å². The number of amides is 2. The molecule has 1 atom stereocenters. The van der Waals surface area contributed by atoms with Crippen molar-refractivity contribution >= 4 is 23.2 Å². The predicted octanol–water partition coefficient (Wildman–Crippen LogP) is 2.59. The lowest BCUT2D eigenvalue weighted by Gasteiger charge is -2.23. The molecule has 0 unspecified atom stereocenters. The summed E-state index contributed by atoms with van der Waals surface area (Å²) >= 11 is 0. The average molecular weight is 354 g/mol. The number of hydrogen-bond donors (Lipinski definition) is 2. The number of hydrogen-bond acceptors (Lipinski definition) is 4. The fourth-order valence-electron chi connectivity index (χ4n) is 2.21. The van der Waals surface area contributed by atoms with Crippen molar-refractivity contribution in [1.29, 1.82) is 5.26 Å². The quantitative estimate of drug-likeness (QED) is 0.835. The van der Waals surface area contributed by atoms with Crippen molar-refractivity contribution in [3.63, 3.8) is 0 Å². The third-order valence-corrected chi connectivity index (χ3v) is 3.82. The van der Waals surface area contributed by atoms with E-state index < -0.39 is 11.9 Å². The topological polar surface area (TPSA) is 85.2 Å². The van der Waals surface area contributed by atoms with E-state index in [4.69, 9.17) is 5.26 Å². The smallest absolute Gasteiger partial charge is 0.241 e. The third-order valence-electron chi connectivity index (χ3n) is 3.82. The zero-order chi connectivity index (χ0) is 19.1. The summed E-state index contributed by atoms with van der Waals surface area (Å²) in [6.07, 6.45) is 0. The number of carbonyl (C=O) groups excluding carboxylic acids is 2. The molecule has 0 aliphatic carbocycles. The molecule has 26 heavy (non-hydrogen) atoms. The number of nitrogens with zero attached hydrogens (tertiary/aromatic N) is 2. The van der Waals surface area contributed by atoms with Gasteiger partial charge in [0.05, 0.1) is 24.2 Å². The molecule has 2 N–H and O–H groups in total. The van der Waals surface area contributed by atoms with Crippen LogP contribution in [0.5, 0.6) is 0 Å². The van der Waals surface area contributed by atoms with Gasteiger partial charge in [-0.25, -0.2) is 4.39 Å². The van der Waals surface area contributed by atoms with E-state index in [2.05, 4.69) is 10.6 Å². The Balaban J connectivity index is 1.88. The first-order chi connectivity index (χ1) is 12.4. The lowest BCUT2D eigenvalue weighted by Crippen LogP contribution is -2.43. The molecule has 7 heteroatoms. The van der Waals surface area contributed by atoms with E-state index >= 15 is 0 Å². The van der Waals surface area contributed by atoms with E-state index in [9.17, 15) is 14.0 Å². The molecule has 0 aliphatic heterocycles. The minimum atomic E-state index is -0.566. The summed E-state index contributed by atoms with van der Waals surface area (Å²) in [5.41, 5.74) is 1.43. The minimum Gasteiger partial charge on any atom is -0.325 e. The van der Waals surface area contributed by atoms with Gasteiger partial charge in [-0.1, -0.05) is 6.07 Å². The van der Waals surface area contributed by atoms with E-state index in [0.29, 0.717) is 16.9 Å². The summed E-state index contributed by atoms with van der Waals surface area (Å²) < 4.78 is 13.1. The van der Waals surface area contributed by atoms with Gasteiger partial charge in [-0.15, -0.1) is 0 Å². The van der Waals surface area contributed by atoms with Gasteiger partial charge >= 0.3 is 0 Å². The number of halogens is 1. The van der Waals surface area contributed by atoms with Crippen LogP contribution in [0, 0.1) is 17.1 Å². The average Bonchev–Trinajstić information content (AvgIpc) is 2.61. The first-order valence-corrected chi connectivity index (χ1v) is 7.95. The van der Waals surface area contributed by atoms with Crippen LogP contribution in [-0.2, 0) is 9.59 Å². The molecule has 0 radical (unpaired) electrons. The number of likely N-dealkylation sites (N-methyl/N-ethyl adjacent to an activating group) is 1. The summed E-state index contributed by atoms with van der Waals surface area (Å²) in [4.78, 5) is 25.9. The molecule has 6 nitrogen and oxygen atoms in total. The van der Waals surface area contributed by atoms with E-state index in [1.165, 1.54) is 18.2 Å². The zero-order valence-corrected chi connectivity index (χ0v) is 14.5. The monoisotopic (exact) mass is 354 g/mol. The molecule has 0 aromatic heterocycles. The van der Waals surface area contributed by atoms with Gasteiger partial charge in [-0.05, 0) is 56.4 Å². The molecule has 0 fully saturated rings. The summed E-state index contributed by atoms with van der Waals surface area (Å²) in [5.74, 6) is -1.07. The van der Waals surface area contributed by atoms with E-state index in [1.54, 1.807) is 49.2 Å². The summed E-state index contributed by atoms with van der Waals surface area (Å²) in [7, 11) is 1.65. The highest BCUT2D eigenvalue weighted by Crippen LogP contribution is 2.11. The van der Waals surface area contributed by atoms with Gasteiger partial charge in [-0.3, -0.25) is 14.5 Å². The van der Waals surface area contributed by atoms with Gasteiger partial charge in [0, 0.05) is 11.4 Å². The number of carbonyl (C=O) groups is 2. The second kappa shape index (κ2) is 8.74. The Bertz CT molecular complexity index is 830. The van der Waals surface area contributed by atoms with E-state index in [1.807, 2.05) is 6.07 Å². The van der Waals surface area contributed by atoms with Crippen LogP contribution in [0.15, 0.2) is 48.5 Å². The Morgan fingerprint density at radius 3 is 2.46 bits per heavy atom. The molecule has 0 saturated heterocycles. The standard InChI is InChI=1S/C19H19FN4O2/c1-13(19(26)23-16-8-6-14(11-21)7-9-16)24(2)12-18(25)22-17-5-3-4-15(20)10-17/h3-10,13H,12H2,1-2H3,(H,22,25)(H,23,26)/t13-/m1/s1. The van der Waals surface area contributed by atoms with Crippen molar-refractivity contribution in [3.8, 4) is 6.07 Å². The third kappa shape index (κ3) is 5.40. The molecule has 134 valence electrons. The van der Waals surface area contributed by atoms with Crippen molar-refractivity contribution < 1.29 is 14.0 Å². The predicted molar refractivity (Wildman–Crippen MR) is 96.9 cm³/mol. The number of nitrogens with one attached hydrogen (secondary N) is 2. The molecule has 0 bridgehead atoms. The zero-order valence-electron chi connectivity index (χ0n) is 14.5. The van der Waals surface area contributed by atoms with Crippen LogP contribution in [0.25, 0.3) is 0 Å². The largest absolute Gasteiger partial charge is 0.325 e. The highest BCUT2D eigenvalue weighted by Gasteiger charge is 2.20. The Morgan fingerprint density at radius 1 is 1.15 bits per heavy atom. The van der Waals surface area contributed by atoms with Gasteiger partial charge < -0.3 is 10.6 Å². The van der Waals surface area contributed by atoms with Crippen molar-refractivity contribution in [2.24, 2.45) is 0 Å². The maximum absolute atomic E-state index is 13.1. The number of nitriles is 1. The maximum atomic E-state index is 13.1. The molecule has 2 aromatic rings. The van der Waals surface area contributed by atoms with Gasteiger partial charge in [0.15, 0.2) is 0 Å². The molecule has 2 rings (SSSR count). The number of rotatable bonds is 6. The van der Waals surface area contributed by atoms with Crippen LogP contribution in [0.3, 0.4) is 0 Å². The van der Waals surface area contributed by atoms with Gasteiger partial charge in [0.25, 0.3) is 0 Å². The minimum absolute atomic E-state index is 0.0293. The van der Waals surface area contributed by atoms with Crippen LogP contribution >= 0.6 is 0 Å². The Hall–Kier alpha value is -3.24. The highest BCUT2D eigenvalue weighted by atomic mass is 19.1. The van der Waals surface area contributed by atoms with Crippen LogP contribution in [0.2, 0.25) is 0 Å². The normalized spacial score (nSPS) is 11.5. The molecular formula is C19H19FN4O2. The summed E-state index contributed by atoms with van der Waals surface area (Å²) in [5, 5.41) is 14.1. The fraction of sp³-hybridized carbons (Fsp3) is 0.211. The highest BCUT2D eigenvalue weighted by molar-refractivity contribution is 5.96.